The fraction of sp³-hybridized carbons (Fsp3) is 0.375. The molecule has 5 heteroatoms. The number of hydrogen-bond donors (Lipinski definition) is 1. The molecule has 4 nitrogen and oxygen atoms in total. The highest BCUT2D eigenvalue weighted by Gasteiger charge is 2.29. The second-order valence-electron chi connectivity index (χ2n) is 2.99. The van der Waals surface area contributed by atoms with E-state index >= 15 is 0 Å². The standard InChI is InChI=1S/C8H8ClN3O/c9-6-3-11-7(4-10-6)12-8(13)5-1-2-5/h3-5H,1-2H2,(H,11,12,13). The van der Waals surface area contributed by atoms with Crippen LogP contribution in [-0.4, -0.2) is 15.9 Å². The summed E-state index contributed by atoms with van der Waals surface area (Å²) >= 11 is 5.54. The Bertz CT molecular complexity index is 321. The van der Waals surface area contributed by atoms with Crippen molar-refractivity contribution in [2.24, 2.45) is 5.92 Å². The van der Waals surface area contributed by atoms with Crippen molar-refractivity contribution in [3.63, 3.8) is 0 Å². The van der Waals surface area contributed by atoms with Gasteiger partial charge in [0.05, 0.1) is 12.4 Å². The molecule has 0 atom stereocenters. The van der Waals surface area contributed by atoms with Gasteiger partial charge in [0.25, 0.3) is 0 Å². The molecule has 2 rings (SSSR count). The molecule has 0 aliphatic heterocycles. The zero-order chi connectivity index (χ0) is 9.26. The Morgan fingerprint density at radius 3 is 2.77 bits per heavy atom. The van der Waals surface area contributed by atoms with Gasteiger partial charge in [0, 0.05) is 5.92 Å². The van der Waals surface area contributed by atoms with Gasteiger partial charge in [-0.05, 0) is 12.8 Å². The number of nitrogens with one attached hydrogen (secondary N) is 1. The van der Waals surface area contributed by atoms with Crippen molar-refractivity contribution in [3.8, 4) is 0 Å². The van der Waals surface area contributed by atoms with Crippen molar-refractivity contribution in [1.82, 2.24) is 9.97 Å². The number of hydrogen-bond acceptors (Lipinski definition) is 3. The monoisotopic (exact) mass is 197 g/mol. The number of aromatic nitrogens is 2. The van der Waals surface area contributed by atoms with E-state index in [1.165, 1.54) is 12.4 Å². The molecule has 0 unspecified atom stereocenters. The highest BCUT2D eigenvalue weighted by Crippen LogP contribution is 2.29. The van der Waals surface area contributed by atoms with Gasteiger partial charge in [0.2, 0.25) is 5.91 Å². The maximum atomic E-state index is 11.2. The number of carbonyl (C=O) groups is 1. The molecule has 1 aliphatic carbocycles. The van der Waals surface area contributed by atoms with Gasteiger partial charge in [-0.2, -0.15) is 0 Å². The molecule has 1 saturated carbocycles. The van der Waals surface area contributed by atoms with Crippen molar-refractivity contribution < 1.29 is 4.79 Å². The van der Waals surface area contributed by atoms with Gasteiger partial charge in [0.15, 0.2) is 5.82 Å². The van der Waals surface area contributed by atoms with E-state index in [9.17, 15) is 4.79 Å². The van der Waals surface area contributed by atoms with Crippen molar-refractivity contribution in [2.75, 3.05) is 5.32 Å². The lowest BCUT2D eigenvalue weighted by atomic mass is 10.4. The number of rotatable bonds is 2. The van der Waals surface area contributed by atoms with Crippen LogP contribution in [0.15, 0.2) is 12.4 Å². The van der Waals surface area contributed by atoms with Crippen LogP contribution in [0, 0.1) is 5.92 Å². The van der Waals surface area contributed by atoms with Crippen molar-refractivity contribution in [2.45, 2.75) is 12.8 Å². The van der Waals surface area contributed by atoms with E-state index in [2.05, 4.69) is 15.3 Å². The fourth-order valence-corrected chi connectivity index (χ4v) is 1.05. The van der Waals surface area contributed by atoms with Crippen LogP contribution in [0.1, 0.15) is 12.8 Å². The van der Waals surface area contributed by atoms with Crippen LogP contribution < -0.4 is 5.32 Å². The normalized spacial score (nSPS) is 15.5. The van der Waals surface area contributed by atoms with Crippen LogP contribution in [0.3, 0.4) is 0 Å². The Labute approximate surface area is 80.3 Å². The minimum atomic E-state index is 0.0247. The molecule has 1 heterocycles. The minimum absolute atomic E-state index is 0.0247. The first-order valence-electron chi connectivity index (χ1n) is 4.04. The quantitative estimate of drug-likeness (QED) is 0.782. The zero-order valence-corrected chi connectivity index (χ0v) is 7.58. The predicted octanol–water partition coefficient (Wildman–Crippen LogP) is 1.48. The van der Waals surface area contributed by atoms with Crippen LogP contribution in [0.2, 0.25) is 5.15 Å². The first kappa shape index (κ1) is 8.44. The van der Waals surface area contributed by atoms with Crippen LogP contribution in [0.4, 0.5) is 5.82 Å². The SMILES string of the molecule is O=C(Nc1cnc(Cl)cn1)C1CC1. The summed E-state index contributed by atoms with van der Waals surface area (Å²) in [6.07, 6.45) is 4.81. The Hall–Kier alpha value is -1.16. The van der Waals surface area contributed by atoms with E-state index < -0.39 is 0 Å². The van der Waals surface area contributed by atoms with Gasteiger partial charge in [0.1, 0.15) is 5.15 Å². The Morgan fingerprint density at radius 1 is 1.46 bits per heavy atom. The highest BCUT2D eigenvalue weighted by atomic mass is 35.5. The van der Waals surface area contributed by atoms with E-state index in [0.717, 1.165) is 12.8 Å². The molecule has 1 aliphatic rings. The molecular formula is C8H8ClN3O. The molecule has 1 aromatic heterocycles. The topological polar surface area (TPSA) is 54.9 Å². The summed E-state index contributed by atoms with van der Waals surface area (Å²) < 4.78 is 0. The van der Waals surface area contributed by atoms with Crippen molar-refractivity contribution >= 4 is 23.3 Å². The molecule has 13 heavy (non-hydrogen) atoms. The van der Waals surface area contributed by atoms with Gasteiger partial charge < -0.3 is 5.32 Å². The van der Waals surface area contributed by atoms with Gasteiger partial charge >= 0.3 is 0 Å². The fourth-order valence-electron chi connectivity index (χ4n) is 0.951. The van der Waals surface area contributed by atoms with Gasteiger partial charge in [-0.15, -0.1) is 0 Å². The molecule has 1 amide bonds. The molecule has 1 aromatic rings. The van der Waals surface area contributed by atoms with Gasteiger partial charge in [-0.1, -0.05) is 11.6 Å². The molecule has 1 N–H and O–H groups in total. The molecule has 68 valence electrons. The smallest absolute Gasteiger partial charge is 0.228 e. The average molecular weight is 198 g/mol. The van der Waals surface area contributed by atoms with Crippen LogP contribution in [0.25, 0.3) is 0 Å². The molecule has 0 saturated heterocycles. The summed E-state index contributed by atoms with van der Waals surface area (Å²) in [5.41, 5.74) is 0. The van der Waals surface area contributed by atoms with E-state index in [1.807, 2.05) is 0 Å². The van der Waals surface area contributed by atoms with E-state index in [-0.39, 0.29) is 11.8 Å². The number of nitrogens with zero attached hydrogens (tertiary/aromatic N) is 2. The summed E-state index contributed by atoms with van der Waals surface area (Å²) in [6.45, 7) is 0. The third-order valence-corrected chi connectivity index (χ3v) is 2.01. The lowest BCUT2D eigenvalue weighted by Gasteiger charge is -2.01. The van der Waals surface area contributed by atoms with Gasteiger partial charge in [-0.25, -0.2) is 9.97 Å². The molecular weight excluding hydrogens is 190 g/mol. The average Bonchev–Trinajstić information content (AvgIpc) is 2.91. The van der Waals surface area contributed by atoms with Crippen LogP contribution in [-0.2, 0) is 4.79 Å². The Balaban J connectivity index is 2.00. The number of amides is 1. The van der Waals surface area contributed by atoms with Crippen molar-refractivity contribution in [3.05, 3.63) is 17.5 Å². The molecule has 0 radical (unpaired) electrons. The molecule has 1 fully saturated rings. The predicted molar refractivity (Wildman–Crippen MR) is 48.4 cm³/mol. The third kappa shape index (κ3) is 2.15. The van der Waals surface area contributed by atoms with Crippen molar-refractivity contribution in [1.29, 1.82) is 0 Å². The van der Waals surface area contributed by atoms with Crippen LogP contribution >= 0.6 is 11.6 Å². The lowest BCUT2D eigenvalue weighted by Crippen LogP contribution is -2.14. The van der Waals surface area contributed by atoms with E-state index in [4.69, 9.17) is 11.6 Å². The molecule has 0 bridgehead atoms. The van der Waals surface area contributed by atoms with E-state index in [0.29, 0.717) is 11.0 Å². The first-order chi connectivity index (χ1) is 6.25. The maximum Gasteiger partial charge on any atom is 0.228 e. The zero-order valence-electron chi connectivity index (χ0n) is 6.83. The maximum absolute atomic E-state index is 11.2. The summed E-state index contributed by atoms with van der Waals surface area (Å²) in [7, 11) is 0. The summed E-state index contributed by atoms with van der Waals surface area (Å²) in [5.74, 6) is 0.662. The van der Waals surface area contributed by atoms with Gasteiger partial charge in [-0.3, -0.25) is 4.79 Å². The molecule has 0 spiro atoms. The second-order valence-corrected chi connectivity index (χ2v) is 3.38. The Morgan fingerprint density at radius 2 is 2.23 bits per heavy atom. The largest absolute Gasteiger partial charge is 0.309 e. The number of anilines is 1. The first-order valence-corrected chi connectivity index (χ1v) is 4.42. The second kappa shape index (κ2) is 3.30. The summed E-state index contributed by atoms with van der Waals surface area (Å²) in [6, 6.07) is 0. The highest BCUT2D eigenvalue weighted by molar-refractivity contribution is 6.29. The minimum Gasteiger partial charge on any atom is -0.309 e. The lowest BCUT2D eigenvalue weighted by molar-refractivity contribution is -0.117. The Kier molecular flexibility index (Phi) is 2.14. The molecule has 0 aromatic carbocycles. The number of halogens is 1. The third-order valence-electron chi connectivity index (χ3n) is 1.82. The summed E-state index contributed by atoms with van der Waals surface area (Å²) in [5, 5.41) is 2.98. The van der Waals surface area contributed by atoms with Crippen LogP contribution in [0.5, 0.6) is 0 Å². The summed E-state index contributed by atoms with van der Waals surface area (Å²) in [4.78, 5) is 18.9. The van der Waals surface area contributed by atoms with E-state index in [1.54, 1.807) is 0 Å². The number of carbonyl (C=O) groups excluding carboxylic acids is 1.